The maximum atomic E-state index is 11.2. The maximum absolute atomic E-state index is 11.2. The highest BCUT2D eigenvalue weighted by Gasteiger charge is 2.32. The molecule has 0 aromatic rings. The summed E-state index contributed by atoms with van der Waals surface area (Å²) in [6.45, 7) is 8.56. The molecule has 76 valence electrons. The SMILES string of the molecule is C[C@@H]1C[C@@H]1CNC(=O)OC(C)(C)C. The van der Waals surface area contributed by atoms with Crippen molar-refractivity contribution in [1.29, 1.82) is 0 Å². The van der Waals surface area contributed by atoms with Gasteiger partial charge in [-0.05, 0) is 39.0 Å². The van der Waals surface area contributed by atoms with E-state index < -0.39 is 0 Å². The van der Waals surface area contributed by atoms with E-state index in [9.17, 15) is 4.79 Å². The maximum Gasteiger partial charge on any atom is 0.407 e. The van der Waals surface area contributed by atoms with Crippen LogP contribution < -0.4 is 5.32 Å². The molecule has 3 heteroatoms. The van der Waals surface area contributed by atoms with Crippen LogP contribution in [0.15, 0.2) is 0 Å². The summed E-state index contributed by atoms with van der Waals surface area (Å²) in [4.78, 5) is 11.2. The minimum Gasteiger partial charge on any atom is -0.444 e. The summed E-state index contributed by atoms with van der Waals surface area (Å²) in [6, 6.07) is 0. The third-order valence-electron chi connectivity index (χ3n) is 2.18. The summed E-state index contributed by atoms with van der Waals surface area (Å²) >= 11 is 0. The van der Waals surface area contributed by atoms with Crippen LogP contribution in [-0.2, 0) is 4.74 Å². The quantitative estimate of drug-likeness (QED) is 0.716. The van der Waals surface area contributed by atoms with Gasteiger partial charge in [0.05, 0.1) is 0 Å². The first kappa shape index (κ1) is 10.4. The second kappa shape index (κ2) is 3.56. The highest BCUT2D eigenvalue weighted by molar-refractivity contribution is 5.67. The third-order valence-corrected chi connectivity index (χ3v) is 2.18. The van der Waals surface area contributed by atoms with Crippen molar-refractivity contribution in [3.8, 4) is 0 Å². The van der Waals surface area contributed by atoms with E-state index in [1.54, 1.807) is 0 Å². The van der Waals surface area contributed by atoms with Crippen molar-refractivity contribution >= 4 is 6.09 Å². The van der Waals surface area contributed by atoms with Crippen molar-refractivity contribution in [3.63, 3.8) is 0 Å². The molecule has 0 aliphatic heterocycles. The number of carbonyl (C=O) groups excluding carboxylic acids is 1. The van der Waals surface area contributed by atoms with Crippen LogP contribution in [0.2, 0.25) is 0 Å². The highest BCUT2D eigenvalue weighted by Crippen LogP contribution is 2.36. The molecule has 0 saturated heterocycles. The van der Waals surface area contributed by atoms with Crippen LogP contribution >= 0.6 is 0 Å². The van der Waals surface area contributed by atoms with Crippen LogP contribution in [0.3, 0.4) is 0 Å². The van der Waals surface area contributed by atoms with Crippen LogP contribution in [0.5, 0.6) is 0 Å². The van der Waals surface area contributed by atoms with Gasteiger partial charge in [-0.3, -0.25) is 0 Å². The van der Waals surface area contributed by atoms with Gasteiger partial charge in [-0.15, -0.1) is 0 Å². The van der Waals surface area contributed by atoms with Gasteiger partial charge in [-0.2, -0.15) is 0 Å². The number of alkyl carbamates (subject to hydrolysis) is 1. The van der Waals surface area contributed by atoms with Crippen LogP contribution in [0.1, 0.15) is 34.1 Å². The molecule has 0 unspecified atom stereocenters. The number of amides is 1. The van der Waals surface area contributed by atoms with Gasteiger partial charge in [-0.1, -0.05) is 6.92 Å². The summed E-state index contributed by atoms with van der Waals surface area (Å²) in [5.41, 5.74) is -0.390. The Morgan fingerprint density at radius 3 is 2.46 bits per heavy atom. The van der Waals surface area contributed by atoms with Crippen molar-refractivity contribution in [2.45, 2.75) is 39.7 Å². The van der Waals surface area contributed by atoms with Crippen molar-refractivity contribution in [2.24, 2.45) is 11.8 Å². The van der Waals surface area contributed by atoms with E-state index in [1.807, 2.05) is 20.8 Å². The number of rotatable bonds is 2. The fourth-order valence-electron chi connectivity index (χ4n) is 1.21. The third kappa shape index (κ3) is 4.15. The number of carbonyl (C=O) groups is 1. The number of hydrogen-bond acceptors (Lipinski definition) is 2. The lowest BCUT2D eigenvalue weighted by atomic mass is 10.2. The fourth-order valence-corrected chi connectivity index (χ4v) is 1.21. The molecule has 0 aromatic heterocycles. The van der Waals surface area contributed by atoms with Gasteiger partial charge >= 0.3 is 6.09 Å². The molecule has 0 bridgehead atoms. The molecular formula is C10H19NO2. The van der Waals surface area contributed by atoms with Gasteiger partial charge in [0.1, 0.15) is 5.60 Å². The van der Waals surface area contributed by atoms with Crippen LogP contribution in [0.4, 0.5) is 4.79 Å². The van der Waals surface area contributed by atoms with Gasteiger partial charge in [0.15, 0.2) is 0 Å². The Morgan fingerprint density at radius 2 is 2.08 bits per heavy atom. The van der Waals surface area contributed by atoms with E-state index in [1.165, 1.54) is 6.42 Å². The second-order valence-electron chi connectivity index (χ2n) is 4.86. The van der Waals surface area contributed by atoms with Crippen LogP contribution in [-0.4, -0.2) is 18.2 Å². The molecule has 1 saturated carbocycles. The van der Waals surface area contributed by atoms with E-state index in [2.05, 4.69) is 12.2 Å². The van der Waals surface area contributed by atoms with Gasteiger partial charge < -0.3 is 10.1 Å². The molecule has 1 fully saturated rings. The Labute approximate surface area is 79.8 Å². The molecule has 0 radical (unpaired) electrons. The Hall–Kier alpha value is -0.730. The van der Waals surface area contributed by atoms with Crippen LogP contribution in [0.25, 0.3) is 0 Å². The lowest BCUT2D eigenvalue weighted by Gasteiger charge is -2.19. The monoisotopic (exact) mass is 185 g/mol. The van der Waals surface area contributed by atoms with Crippen molar-refractivity contribution in [1.82, 2.24) is 5.32 Å². The molecule has 0 heterocycles. The summed E-state index contributed by atoms with van der Waals surface area (Å²) in [5, 5.41) is 2.77. The Bertz CT molecular complexity index is 196. The van der Waals surface area contributed by atoms with Gasteiger partial charge in [0.25, 0.3) is 0 Å². The van der Waals surface area contributed by atoms with E-state index in [0.29, 0.717) is 5.92 Å². The first-order valence-electron chi connectivity index (χ1n) is 4.85. The molecule has 2 atom stereocenters. The average molecular weight is 185 g/mol. The molecule has 13 heavy (non-hydrogen) atoms. The molecule has 1 rings (SSSR count). The molecule has 1 aliphatic carbocycles. The molecule has 0 spiro atoms. The normalized spacial score (nSPS) is 26.8. The number of nitrogens with one attached hydrogen (secondary N) is 1. The highest BCUT2D eigenvalue weighted by atomic mass is 16.6. The van der Waals surface area contributed by atoms with Crippen molar-refractivity contribution < 1.29 is 9.53 Å². The lowest BCUT2D eigenvalue weighted by Crippen LogP contribution is -2.33. The molecule has 0 aromatic carbocycles. The van der Waals surface area contributed by atoms with E-state index in [4.69, 9.17) is 4.74 Å². The van der Waals surface area contributed by atoms with E-state index >= 15 is 0 Å². The van der Waals surface area contributed by atoms with Crippen molar-refractivity contribution in [3.05, 3.63) is 0 Å². The summed E-state index contributed by atoms with van der Waals surface area (Å²) in [6.07, 6.45) is 0.932. The standard InChI is InChI=1S/C10H19NO2/c1-7-5-8(7)6-11-9(12)13-10(2,3)4/h7-8H,5-6H2,1-4H3,(H,11,12)/t7-,8-/m1/s1. The van der Waals surface area contributed by atoms with Crippen LogP contribution in [0, 0.1) is 11.8 Å². The molecule has 1 amide bonds. The Balaban J connectivity index is 2.11. The molecule has 1 aliphatic rings. The molecular weight excluding hydrogens is 166 g/mol. The zero-order chi connectivity index (χ0) is 10.1. The predicted molar refractivity (Wildman–Crippen MR) is 51.5 cm³/mol. The predicted octanol–water partition coefficient (Wildman–Crippen LogP) is 2.17. The first-order valence-corrected chi connectivity index (χ1v) is 4.85. The van der Waals surface area contributed by atoms with Crippen molar-refractivity contribution in [2.75, 3.05) is 6.54 Å². The summed E-state index contributed by atoms with van der Waals surface area (Å²) < 4.78 is 5.10. The number of ether oxygens (including phenoxy) is 1. The fraction of sp³-hybridized carbons (Fsp3) is 0.900. The molecule has 3 nitrogen and oxygen atoms in total. The van der Waals surface area contributed by atoms with Gasteiger partial charge in [-0.25, -0.2) is 4.79 Å². The van der Waals surface area contributed by atoms with E-state index in [0.717, 1.165) is 12.5 Å². The average Bonchev–Trinajstić information content (AvgIpc) is 2.58. The smallest absolute Gasteiger partial charge is 0.407 e. The topological polar surface area (TPSA) is 38.3 Å². The Morgan fingerprint density at radius 1 is 1.54 bits per heavy atom. The Kier molecular flexibility index (Phi) is 2.84. The largest absolute Gasteiger partial charge is 0.444 e. The van der Waals surface area contributed by atoms with E-state index in [-0.39, 0.29) is 11.7 Å². The minimum atomic E-state index is -0.390. The second-order valence-corrected chi connectivity index (χ2v) is 4.86. The zero-order valence-electron chi connectivity index (χ0n) is 8.89. The molecule has 1 N–H and O–H groups in total. The van der Waals surface area contributed by atoms with Gasteiger partial charge in [0, 0.05) is 6.54 Å². The minimum absolute atomic E-state index is 0.299. The van der Waals surface area contributed by atoms with Gasteiger partial charge in [0.2, 0.25) is 0 Å². The first-order chi connectivity index (χ1) is 5.88. The summed E-state index contributed by atoms with van der Waals surface area (Å²) in [5.74, 6) is 1.45. The number of hydrogen-bond donors (Lipinski definition) is 1. The summed E-state index contributed by atoms with van der Waals surface area (Å²) in [7, 11) is 0. The zero-order valence-corrected chi connectivity index (χ0v) is 8.89. The lowest BCUT2D eigenvalue weighted by molar-refractivity contribution is 0.0525.